The molecule has 0 N–H and O–H groups in total. The van der Waals surface area contributed by atoms with Gasteiger partial charge in [-0.2, -0.15) is 0 Å². The van der Waals surface area contributed by atoms with Crippen LogP contribution in [-0.4, -0.2) is 39.7 Å². The second kappa shape index (κ2) is 6.76. The summed E-state index contributed by atoms with van der Waals surface area (Å²) < 4.78 is 7.72. The molecule has 2 aliphatic rings. The fourth-order valence-corrected chi connectivity index (χ4v) is 5.73. The average molecular weight is 427 g/mol. The maximum absolute atomic E-state index is 6.18. The summed E-state index contributed by atoms with van der Waals surface area (Å²) in [5.74, 6) is 2.29. The largest absolute Gasteiger partial charge is 0.384 e. The number of methoxy groups -OCH3 is 1. The minimum absolute atomic E-state index is 0.192. The van der Waals surface area contributed by atoms with Crippen molar-refractivity contribution in [2.75, 3.05) is 13.7 Å². The van der Waals surface area contributed by atoms with Gasteiger partial charge in [-0.3, -0.25) is 9.56 Å². The predicted octanol–water partition coefficient (Wildman–Crippen LogP) is 4.71. The zero-order chi connectivity index (χ0) is 20.3. The number of benzene rings is 1. The number of hydrogen-bond donors (Lipinski definition) is 0. The van der Waals surface area contributed by atoms with Crippen molar-refractivity contribution in [2.24, 2.45) is 10.9 Å². The van der Waals surface area contributed by atoms with Gasteiger partial charge in [-0.25, -0.2) is 0 Å². The Kier molecular flexibility index (Phi) is 4.42. The Morgan fingerprint density at radius 2 is 1.97 bits per heavy atom. The van der Waals surface area contributed by atoms with Gasteiger partial charge in [0.05, 0.1) is 17.9 Å². The van der Waals surface area contributed by atoms with Crippen molar-refractivity contribution in [1.82, 2.24) is 14.8 Å². The molecule has 29 heavy (non-hydrogen) atoms. The molecule has 0 unspecified atom stereocenters. The Balaban J connectivity index is 1.80. The van der Waals surface area contributed by atoms with E-state index in [4.69, 9.17) is 21.3 Å². The molecule has 5 rings (SSSR count). The fraction of sp³-hybridized carbons (Fsp3) is 0.409. The average Bonchev–Trinajstić information content (AvgIpc) is 3.10. The summed E-state index contributed by atoms with van der Waals surface area (Å²) in [7, 11) is 1.76. The lowest BCUT2D eigenvalue weighted by atomic mass is 9.97. The molecule has 5 nitrogen and oxygen atoms in total. The normalized spacial score (nSPS) is 24.4. The van der Waals surface area contributed by atoms with Crippen LogP contribution in [0.25, 0.3) is 5.00 Å². The van der Waals surface area contributed by atoms with Crippen LogP contribution in [-0.2, 0) is 11.2 Å². The van der Waals surface area contributed by atoms with E-state index in [2.05, 4.69) is 40.7 Å². The third-order valence-electron chi connectivity index (χ3n) is 6.18. The Labute approximate surface area is 179 Å². The molecule has 1 aromatic carbocycles. The first-order valence-electron chi connectivity index (χ1n) is 9.80. The number of aryl methyl sites for hydroxylation is 2. The van der Waals surface area contributed by atoms with Crippen LogP contribution >= 0.6 is 22.9 Å². The maximum atomic E-state index is 6.18. The highest BCUT2D eigenvalue weighted by molar-refractivity contribution is 7.15. The zero-order valence-corrected chi connectivity index (χ0v) is 18.6. The van der Waals surface area contributed by atoms with Crippen molar-refractivity contribution < 1.29 is 4.74 Å². The van der Waals surface area contributed by atoms with Gasteiger partial charge in [0.15, 0.2) is 0 Å². The second-order valence-corrected chi connectivity index (χ2v) is 9.71. The molecule has 1 aliphatic carbocycles. The quantitative estimate of drug-likeness (QED) is 0.609. The Morgan fingerprint density at radius 1 is 1.21 bits per heavy atom. The number of hydrogen-bond acceptors (Lipinski definition) is 5. The first-order valence-corrected chi connectivity index (χ1v) is 11.0. The molecule has 0 radical (unpaired) electrons. The summed E-state index contributed by atoms with van der Waals surface area (Å²) in [5, 5.41) is 10.8. The molecule has 0 amide bonds. The number of fused-ring (bicyclic) bond motifs is 3. The number of thiophene rings is 1. The third kappa shape index (κ3) is 2.97. The van der Waals surface area contributed by atoms with E-state index >= 15 is 0 Å². The smallest absolute Gasteiger partial charge is 0.140 e. The van der Waals surface area contributed by atoms with E-state index in [-0.39, 0.29) is 5.54 Å². The van der Waals surface area contributed by atoms with E-state index in [1.165, 1.54) is 16.0 Å². The molecule has 1 saturated carbocycles. The summed E-state index contributed by atoms with van der Waals surface area (Å²) in [6.45, 7) is 7.09. The summed E-state index contributed by atoms with van der Waals surface area (Å²) in [6, 6.07) is 8.02. The Morgan fingerprint density at radius 3 is 2.69 bits per heavy atom. The van der Waals surface area contributed by atoms with Crippen LogP contribution in [0.5, 0.6) is 0 Å². The highest BCUT2D eigenvalue weighted by Crippen LogP contribution is 2.52. The van der Waals surface area contributed by atoms with Crippen LogP contribution in [0.4, 0.5) is 0 Å². The lowest BCUT2D eigenvalue weighted by Crippen LogP contribution is -2.25. The first kappa shape index (κ1) is 19.0. The topological polar surface area (TPSA) is 52.3 Å². The Bertz CT molecular complexity index is 1130. The maximum Gasteiger partial charge on any atom is 0.140 e. The van der Waals surface area contributed by atoms with Gasteiger partial charge in [-0.15, -0.1) is 21.5 Å². The molecule has 2 aromatic heterocycles. The first-order chi connectivity index (χ1) is 13.9. The second-order valence-electron chi connectivity index (χ2n) is 8.07. The summed E-state index contributed by atoms with van der Waals surface area (Å²) in [4.78, 5) is 6.71. The summed E-state index contributed by atoms with van der Waals surface area (Å²) in [6.07, 6.45) is 1.77. The predicted molar refractivity (Wildman–Crippen MR) is 117 cm³/mol. The summed E-state index contributed by atoms with van der Waals surface area (Å²) >= 11 is 7.96. The van der Waals surface area contributed by atoms with Crippen LogP contribution < -0.4 is 0 Å². The standard InChI is InChI=1S/C22H23ClN4OS/c1-12-13(2)29-21-19(12)20(15-5-7-17(23)8-6-15)24-22(9-16(22)11-28-4)10-18-26-25-14(3)27(18)21/h5-8,16H,9-11H2,1-4H3/b24-20-/t16-,22+/m0/s1. The van der Waals surface area contributed by atoms with Gasteiger partial charge in [-0.05, 0) is 44.9 Å². The molecule has 3 heterocycles. The van der Waals surface area contributed by atoms with Gasteiger partial charge in [0.25, 0.3) is 0 Å². The molecule has 3 aromatic rings. The third-order valence-corrected chi connectivity index (χ3v) is 7.63. The number of aromatic nitrogens is 3. The molecule has 0 saturated heterocycles. The van der Waals surface area contributed by atoms with Crippen molar-refractivity contribution in [3.05, 3.63) is 62.5 Å². The molecule has 7 heteroatoms. The van der Waals surface area contributed by atoms with Gasteiger partial charge < -0.3 is 4.74 Å². The molecular weight excluding hydrogens is 404 g/mol. The molecule has 0 bridgehead atoms. The molecule has 1 fully saturated rings. The van der Waals surface area contributed by atoms with Gasteiger partial charge in [0, 0.05) is 40.5 Å². The van der Waals surface area contributed by atoms with Crippen molar-refractivity contribution in [3.63, 3.8) is 0 Å². The minimum Gasteiger partial charge on any atom is -0.384 e. The van der Waals surface area contributed by atoms with E-state index in [1.54, 1.807) is 18.4 Å². The number of aliphatic imine (C=N–C) groups is 1. The monoisotopic (exact) mass is 426 g/mol. The van der Waals surface area contributed by atoms with Crippen molar-refractivity contribution in [3.8, 4) is 5.00 Å². The van der Waals surface area contributed by atoms with Crippen LogP contribution in [0.3, 0.4) is 0 Å². The highest BCUT2D eigenvalue weighted by Gasteiger charge is 2.56. The molecule has 1 aliphatic heterocycles. The van der Waals surface area contributed by atoms with Crippen molar-refractivity contribution in [2.45, 2.75) is 39.2 Å². The van der Waals surface area contributed by atoms with E-state index in [0.717, 1.165) is 45.8 Å². The van der Waals surface area contributed by atoms with E-state index in [1.807, 2.05) is 19.1 Å². The SMILES string of the molecule is COC[C@@H]1C[C@@]12Cc1nnc(C)n1-c1sc(C)c(C)c1/C(c1ccc(Cl)cc1)=N\2. The van der Waals surface area contributed by atoms with Crippen LogP contribution in [0.2, 0.25) is 5.02 Å². The number of halogens is 1. The summed E-state index contributed by atoms with van der Waals surface area (Å²) in [5.41, 5.74) is 4.38. The number of ether oxygens (including phenoxy) is 1. The number of nitrogens with zero attached hydrogens (tertiary/aromatic N) is 4. The van der Waals surface area contributed by atoms with Gasteiger partial charge in [0.2, 0.25) is 0 Å². The molecule has 2 atom stereocenters. The van der Waals surface area contributed by atoms with Crippen LogP contribution in [0, 0.1) is 26.7 Å². The van der Waals surface area contributed by atoms with E-state index in [9.17, 15) is 0 Å². The van der Waals surface area contributed by atoms with Gasteiger partial charge in [-0.1, -0.05) is 23.7 Å². The molecular formula is C22H23ClN4OS. The van der Waals surface area contributed by atoms with Crippen molar-refractivity contribution in [1.29, 1.82) is 0 Å². The fourth-order valence-electron chi connectivity index (χ4n) is 4.38. The number of rotatable bonds is 3. The lowest BCUT2D eigenvalue weighted by molar-refractivity contribution is 0.178. The molecule has 150 valence electrons. The zero-order valence-electron chi connectivity index (χ0n) is 17.0. The van der Waals surface area contributed by atoms with Gasteiger partial charge >= 0.3 is 0 Å². The van der Waals surface area contributed by atoms with Gasteiger partial charge in [0.1, 0.15) is 16.6 Å². The van der Waals surface area contributed by atoms with E-state index < -0.39 is 0 Å². The van der Waals surface area contributed by atoms with Crippen LogP contribution in [0.15, 0.2) is 29.3 Å². The minimum atomic E-state index is -0.192. The van der Waals surface area contributed by atoms with Crippen molar-refractivity contribution >= 4 is 28.6 Å². The molecule has 1 spiro atoms. The Hall–Kier alpha value is -2.02. The highest BCUT2D eigenvalue weighted by atomic mass is 35.5. The lowest BCUT2D eigenvalue weighted by Gasteiger charge is -2.22. The van der Waals surface area contributed by atoms with Crippen LogP contribution in [0.1, 0.15) is 39.6 Å². The van der Waals surface area contributed by atoms with E-state index in [0.29, 0.717) is 12.5 Å².